The Balaban J connectivity index is 2.07. The summed E-state index contributed by atoms with van der Waals surface area (Å²) in [6.45, 7) is 3.47. The quantitative estimate of drug-likeness (QED) is 0.288. The molecule has 1 atom stereocenters. The number of rotatable bonds is 11. The van der Waals surface area contributed by atoms with E-state index in [1.807, 2.05) is 0 Å². The summed E-state index contributed by atoms with van der Waals surface area (Å²) in [5, 5.41) is 19.1. The van der Waals surface area contributed by atoms with Gasteiger partial charge in [-0.2, -0.15) is 4.98 Å². The third kappa shape index (κ3) is 9.67. The van der Waals surface area contributed by atoms with E-state index in [4.69, 9.17) is 5.11 Å². The van der Waals surface area contributed by atoms with E-state index in [0.717, 1.165) is 25.7 Å². The lowest BCUT2D eigenvalue weighted by molar-refractivity contribution is -0.119. The minimum Gasteiger partial charge on any atom is -0.394 e. The van der Waals surface area contributed by atoms with Crippen LogP contribution < -0.4 is 26.8 Å². The maximum Gasteiger partial charge on any atom is 0.321 e. The molecule has 1 heterocycles. The van der Waals surface area contributed by atoms with Gasteiger partial charge >= 0.3 is 12.1 Å². The summed E-state index contributed by atoms with van der Waals surface area (Å²) in [7, 11) is 0. The van der Waals surface area contributed by atoms with Gasteiger partial charge < -0.3 is 26.0 Å². The van der Waals surface area contributed by atoms with Gasteiger partial charge in [0, 0.05) is 24.8 Å². The second-order valence-corrected chi connectivity index (χ2v) is 6.29. The average Bonchev–Trinajstić information content (AvgIpc) is 2.60. The van der Waals surface area contributed by atoms with Crippen molar-refractivity contribution >= 4 is 23.8 Å². The first-order chi connectivity index (χ1) is 13.3. The van der Waals surface area contributed by atoms with E-state index >= 15 is 0 Å². The maximum atomic E-state index is 11.7. The number of carbonyl (C=O) groups is 3. The van der Waals surface area contributed by atoms with Crippen LogP contribution in [0.4, 0.5) is 15.5 Å². The number of Topliss-reactive ketones (excluding diaryl/α,β-unsaturated/α-hetero) is 1. The number of anilines is 1. The van der Waals surface area contributed by atoms with Crippen LogP contribution in [0.2, 0.25) is 0 Å². The van der Waals surface area contributed by atoms with Crippen molar-refractivity contribution in [3.05, 3.63) is 22.1 Å². The molecule has 0 aromatic carbocycles. The van der Waals surface area contributed by atoms with E-state index in [0.29, 0.717) is 18.8 Å². The topological polar surface area (TPSA) is 165 Å². The van der Waals surface area contributed by atoms with Crippen molar-refractivity contribution in [1.29, 1.82) is 0 Å². The van der Waals surface area contributed by atoms with Gasteiger partial charge in [0.25, 0.3) is 5.56 Å². The summed E-state index contributed by atoms with van der Waals surface area (Å²) >= 11 is 0. The van der Waals surface area contributed by atoms with Crippen LogP contribution in [0.1, 0.15) is 38.3 Å². The van der Waals surface area contributed by atoms with Gasteiger partial charge in [0.05, 0.1) is 6.61 Å². The molecule has 1 unspecified atom stereocenters. The lowest BCUT2D eigenvalue weighted by Gasteiger charge is -2.13. The molecule has 0 aliphatic heterocycles. The highest BCUT2D eigenvalue weighted by molar-refractivity contribution is 5.87. The van der Waals surface area contributed by atoms with E-state index in [2.05, 4.69) is 31.2 Å². The summed E-state index contributed by atoms with van der Waals surface area (Å²) in [5.41, 5.74) is 0.174. The molecule has 0 radical (unpaired) electrons. The second-order valence-electron chi connectivity index (χ2n) is 6.29. The van der Waals surface area contributed by atoms with Gasteiger partial charge in [-0.3, -0.25) is 14.9 Å². The zero-order valence-corrected chi connectivity index (χ0v) is 16.1. The second kappa shape index (κ2) is 12.4. The zero-order chi connectivity index (χ0) is 20.9. The molecule has 1 rings (SSSR count). The SMILES string of the molecule is CC(=O)C(CO)NC(=O)NCCCCCCNC(=O)Nc1nc(=O)cc(C)[nH]1. The van der Waals surface area contributed by atoms with Crippen molar-refractivity contribution in [3.63, 3.8) is 0 Å². The molecule has 4 amide bonds. The van der Waals surface area contributed by atoms with Crippen molar-refractivity contribution in [2.24, 2.45) is 0 Å². The van der Waals surface area contributed by atoms with Crippen LogP contribution in [-0.2, 0) is 4.79 Å². The van der Waals surface area contributed by atoms with E-state index in [1.165, 1.54) is 13.0 Å². The molecule has 156 valence electrons. The van der Waals surface area contributed by atoms with Gasteiger partial charge in [-0.15, -0.1) is 0 Å². The van der Waals surface area contributed by atoms with Crippen LogP contribution in [-0.4, -0.2) is 58.7 Å². The number of unbranched alkanes of at least 4 members (excludes halogenated alkanes) is 3. The number of aliphatic hydroxyl groups is 1. The highest BCUT2D eigenvalue weighted by Crippen LogP contribution is 1.99. The highest BCUT2D eigenvalue weighted by Gasteiger charge is 2.14. The Bertz CT molecular complexity index is 720. The molecule has 1 aromatic rings. The standard InChI is InChI=1S/C17H28N6O5/c1-11-9-14(26)22-15(20-11)23-17(28)19-8-6-4-3-5-7-18-16(27)21-13(10-24)12(2)25/h9,13,24H,3-8,10H2,1-2H3,(H2,18,21,27)(H3,19,20,22,23,26,28). The van der Waals surface area contributed by atoms with Crippen molar-refractivity contribution in [2.75, 3.05) is 25.0 Å². The lowest BCUT2D eigenvalue weighted by atomic mass is 10.2. The van der Waals surface area contributed by atoms with Gasteiger partial charge in [0.2, 0.25) is 5.95 Å². The molecule has 0 saturated carbocycles. The molecule has 0 fully saturated rings. The van der Waals surface area contributed by atoms with Crippen LogP contribution in [0.5, 0.6) is 0 Å². The monoisotopic (exact) mass is 396 g/mol. The minimum absolute atomic E-state index is 0.0973. The average molecular weight is 396 g/mol. The number of hydrogen-bond donors (Lipinski definition) is 6. The van der Waals surface area contributed by atoms with Crippen LogP contribution >= 0.6 is 0 Å². The Morgan fingerprint density at radius 1 is 1.11 bits per heavy atom. The fraction of sp³-hybridized carbons (Fsp3) is 0.588. The number of aliphatic hydroxyl groups excluding tert-OH is 1. The predicted octanol–water partition coefficient (Wildman–Crippen LogP) is 0.00932. The molecule has 0 aliphatic carbocycles. The van der Waals surface area contributed by atoms with Crippen molar-refractivity contribution < 1.29 is 19.5 Å². The number of nitrogens with one attached hydrogen (secondary N) is 5. The van der Waals surface area contributed by atoms with Crippen LogP contribution in [0, 0.1) is 6.92 Å². The molecule has 6 N–H and O–H groups in total. The van der Waals surface area contributed by atoms with Crippen molar-refractivity contribution in [3.8, 4) is 0 Å². The summed E-state index contributed by atoms with van der Waals surface area (Å²) < 4.78 is 0. The van der Waals surface area contributed by atoms with Gasteiger partial charge in [0.1, 0.15) is 6.04 Å². The fourth-order valence-corrected chi connectivity index (χ4v) is 2.28. The Kier molecular flexibility index (Phi) is 10.3. The number of aryl methyl sites for hydroxylation is 1. The predicted molar refractivity (Wildman–Crippen MR) is 103 cm³/mol. The number of aromatic amines is 1. The largest absolute Gasteiger partial charge is 0.394 e. The number of carbonyl (C=O) groups excluding carboxylic acids is 3. The Morgan fingerprint density at radius 2 is 1.71 bits per heavy atom. The Hall–Kier alpha value is -2.95. The number of hydrogen-bond acceptors (Lipinski definition) is 6. The molecule has 0 saturated heterocycles. The van der Waals surface area contributed by atoms with Crippen molar-refractivity contribution in [2.45, 2.75) is 45.6 Å². The molecule has 28 heavy (non-hydrogen) atoms. The number of H-pyrrole nitrogens is 1. The normalized spacial score (nSPS) is 11.4. The van der Waals surface area contributed by atoms with Crippen LogP contribution in [0.15, 0.2) is 10.9 Å². The molecule has 0 bridgehead atoms. The number of aromatic nitrogens is 2. The first-order valence-electron chi connectivity index (χ1n) is 9.10. The van der Waals surface area contributed by atoms with Gasteiger partial charge in [-0.05, 0) is 26.7 Å². The molecule has 0 aliphatic rings. The number of urea groups is 2. The third-order valence-electron chi connectivity index (χ3n) is 3.76. The molecular weight excluding hydrogens is 368 g/mol. The Labute approximate surface area is 162 Å². The number of nitrogens with zero attached hydrogens (tertiary/aromatic N) is 1. The third-order valence-corrected chi connectivity index (χ3v) is 3.76. The van der Waals surface area contributed by atoms with Crippen LogP contribution in [0.25, 0.3) is 0 Å². The van der Waals surface area contributed by atoms with E-state index in [-0.39, 0.29) is 11.7 Å². The molecular formula is C17H28N6O5. The molecule has 1 aromatic heterocycles. The molecule has 11 nitrogen and oxygen atoms in total. The molecule has 11 heteroatoms. The number of amides is 4. The minimum atomic E-state index is -0.884. The Morgan fingerprint density at radius 3 is 2.25 bits per heavy atom. The first kappa shape index (κ1) is 23.1. The van der Waals surface area contributed by atoms with Crippen molar-refractivity contribution in [1.82, 2.24) is 25.9 Å². The smallest absolute Gasteiger partial charge is 0.321 e. The van der Waals surface area contributed by atoms with E-state index in [9.17, 15) is 19.2 Å². The van der Waals surface area contributed by atoms with Crippen LogP contribution in [0.3, 0.4) is 0 Å². The van der Waals surface area contributed by atoms with E-state index < -0.39 is 30.3 Å². The van der Waals surface area contributed by atoms with Gasteiger partial charge in [-0.1, -0.05) is 12.8 Å². The maximum absolute atomic E-state index is 11.7. The number of ketones is 1. The van der Waals surface area contributed by atoms with E-state index in [1.54, 1.807) is 6.92 Å². The zero-order valence-electron chi connectivity index (χ0n) is 16.1. The first-order valence-corrected chi connectivity index (χ1v) is 9.10. The highest BCUT2D eigenvalue weighted by atomic mass is 16.3. The molecule has 0 spiro atoms. The summed E-state index contributed by atoms with van der Waals surface area (Å²) in [6, 6.07) is -0.494. The van der Waals surface area contributed by atoms with Gasteiger partial charge in [-0.25, -0.2) is 9.59 Å². The lowest BCUT2D eigenvalue weighted by Crippen LogP contribution is -2.47. The fourth-order valence-electron chi connectivity index (χ4n) is 2.28. The summed E-state index contributed by atoms with van der Waals surface area (Å²) in [6.07, 6.45) is 3.22. The summed E-state index contributed by atoms with van der Waals surface area (Å²) in [5.74, 6) is -0.209. The van der Waals surface area contributed by atoms with Gasteiger partial charge in [0.15, 0.2) is 5.78 Å². The summed E-state index contributed by atoms with van der Waals surface area (Å²) in [4.78, 5) is 52.1.